The van der Waals surface area contributed by atoms with Gasteiger partial charge in [-0.3, -0.25) is 0 Å². The standard InChI is InChI=1S/C33H30NOS.C12H10N.Ir/c1-19-9-7-10-20(2)29(19)27-16-28(34-18-23(27)17-33(4,5)6)26-12-8-11-24-25-14-13-22-15-21(3)36-32(22)31(25)35-30(24)26;1-10-7-8-12(13-9-10)11-5-3-2-4-6-11;/h7-11,13-16,18H,17H2,1-6H3;2-5,7-9H,1H3;/q2*-1;. The van der Waals surface area contributed by atoms with Crippen molar-refractivity contribution in [1.29, 1.82) is 0 Å². The van der Waals surface area contributed by atoms with Crippen molar-refractivity contribution in [3.05, 3.63) is 143 Å². The molecule has 0 spiro atoms. The van der Waals surface area contributed by atoms with Crippen LogP contribution in [0, 0.1) is 45.2 Å². The van der Waals surface area contributed by atoms with Crippen molar-refractivity contribution in [2.24, 2.45) is 5.41 Å². The molecular formula is C45H40IrN2OS-2. The molecule has 253 valence electrons. The molecule has 0 saturated carbocycles. The molecule has 8 aromatic rings. The van der Waals surface area contributed by atoms with Crippen LogP contribution in [0.25, 0.3) is 65.7 Å². The van der Waals surface area contributed by atoms with Crippen molar-refractivity contribution in [3.63, 3.8) is 0 Å². The monoisotopic (exact) mass is 849 g/mol. The molecule has 0 unspecified atom stereocenters. The minimum Gasteiger partial charge on any atom is -0.499 e. The molecule has 0 fully saturated rings. The number of hydrogen-bond acceptors (Lipinski definition) is 4. The zero-order valence-electron chi connectivity index (χ0n) is 29.6. The van der Waals surface area contributed by atoms with Gasteiger partial charge in [0, 0.05) is 42.8 Å². The summed E-state index contributed by atoms with van der Waals surface area (Å²) < 4.78 is 7.81. The van der Waals surface area contributed by atoms with E-state index >= 15 is 0 Å². The van der Waals surface area contributed by atoms with E-state index in [1.165, 1.54) is 48.3 Å². The van der Waals surface area contributed by atoms with E-state index in [0.29, 0.717) is 0 Å². The number of nitrogens with zero attached hydrogens (tertiary/aromatic N) is 2. The van der Waals surface area contributed by atoms with Crippen LogP contribution in [0.5, 0.6) is 0 Å². The largest absolute Gasteiger partial charge is 0.499 e. The third-order valence-electron chi connectivity index (χ3n) is 8.82. The van der Waals surface area contributed by atoms with Gasteiger partial charge in [0.1, 0.15) is 5.58 Å². The molecule has 0 amide bonds. The Morgan fingerprint density at radius 3 is 2.18 bits per heavy atom. The van der Waals surface area contributed by atoms with Crippen LogP contribution in [-0.4, -0.2) is 9.97 Å². The second-order valence-electron chi connectivity index (χ2n) is 14.1. The SMILES string of the molecule is Cc1cc2ccc3c4cc[c-]c(-c5cc(-c6c(C)cccc6C)c(CC(C)(C)C)cn5)c4oc3c2s1.Cc1ccc(-c2[c-]cccc2)nc1.[Ir]. The molecule has 5 heteroatoms. The molecule has 3 nitrogen and oxygen atoms in total. The van der Waals surface area contributed by atoms with Crippen molar-refractivity contribution in [2.45, 2.75) is 54.9 Å². The van der Waals surface area contributed by atoms with Gasteiger partial charge < -0.3 is 14.4 Å². The van der Waals surface area contributed by atoms with Crippen LogP contribution >= 0.6 is 11.3 Å². The zero-order valence-corrected chi connectivity index (χ0v) is 32.8. The average Bonchev–Trinajstić information content (AvgIpc) is 3.66. The number of pyridine rings is 2. The summed E-state index contributed by atoms with van der Waals surface area (Å²) in [6.45, 7) is 15.4. The summed E-state index contributed by atoms with van der Waals surface area (Å²) in [5.74, 6) is 0. The van der Waals surface area contributed by atoms with Crippen molar-refractivity contribution in [2.75, 3.05) is 0 Å². The molecule has 0 atom stereocenters. The molecule has 0 N–H and O–H groups in total. The van der Waals surface area contributed by atoms with Gasteiger partial charge in [-0.25, -0.2) is 0 Å². The van der Waals surface area contributed by atoms with Crippen molar-refractivity contribution >= 4 is 43.4 Å². The quantitative estimate of drug-likeness (QED) is 0.166. The number of hydrogen-bond donors (Lipinski definition) is 0. The number of aromatic nitrogens is 2. The van der Waals surface area contributed by atoms with Crippen LogP contribution in [0.1, 0.15) is 47.9 Å². The fourth-order valence-corrected chi connectivity index (χ4v) is 7.60. The topological polar surface area (TPSA) is 38.9 Å². The molecule has 4 aromatic carbocycles. The van der Waals surface area contributed by atoms with Gasteiger partial charge in [0.15, 0.2) is 0 Å². The van der Waals surface area contributed by atoms with E-state index in [-0.39, 0.29) is 25.5 Å². The molecule has 0 bridgehead atoms. The van der Waals surface area contributed by atoms with Crippen LogP contribution in [-0.2, 0) is 26.5 Å². The van der Waals surface area contributed by atoms with Gasteiger partial charge in [-0.05, 0) is 95.8 Å². The first-order valence-corrected chi connectivity index (χ1v) is 17.6. The van der Waals surface area contributed by atoms with E-state index in [4.69, 9.17) is 9.40 Å². The summed E-state index contributed by atoms with van der Waals surface area (Å²) in [5.41, 5.74) is 13.4. The average molecular weight is 849 g/mol. The van der Waals surface area contributed by atoms with Crippen LogP contribution in [0.3, 0.4) is 0 Å². The molecule has 4 aromatic heterocycles. The normalized spacial score (nSPS) is 11.4. The molecule has 1 radical (unpaired) electrons. The molecule has 0 aliphatic heterocycles. The Balaban J connectivity index is 0.000000260. The fourth-order valence-electron chi connectivity index (χ4n) is 6.60. The minimum absolute atomic E-state index is 0. The summed E-state index contributed by atoms with van der Waals surface area (Å²) in [5, 5.41) is 3.49. The van der Waals surface area contributed by atoms with E-state index in [1.807, 2.05) is 49.5 Å². The molecule has 8 rings (SSSR count). The molecule has 0 aliphatic rings. The van der Waals surface area contributed by atoms with E-state index < -0.39 is 0 Å². The molecule has 4 heterocycles. The van der Waals surface area contributed by atoms with Gasteiger partial charge in [0.2, 0.25) is 0 Å². The molecule has 0 saturated heterocycles. The Bertz CT molecular complexity index is 2410. The maximum absolute atomic E-state index is 6.61. The number of benzene rings is 4. The van der Waals surface area contributed by atoms with Gasteiger partial charge in [0.05, 0.1) is 10.3 Å². The van der Waals surface area contributed by atoms with Gasteiger partial charge in [-0.1, -0.05) is 80.3 Å². The van der Waals surface area contributed by atoms with Crippen LogP contribution in [0.15, 0.2) is 108 Å². The zero-order chi connectivity index (χ0) is 34.3. The Kier molecular flexibility index (Phi) is 10.2. The predicted octanol–water partition coefficient (Wildman–Crippen LogP) is 12.7. The fraction of sp³-hybridized carbons (Fsp3) is 0.200. The van der Waals surface area contributed by atoms with Crippen molar-refractivity contribution < 1.29 is 24.5 Å². The van der Waals surface area contributed by atoms with E-state index in [1.54, 1.807) is 11.3 Å². The van der Waals surface area contributed by atoms with Crippen LogP contribution < -0.4 is 0 Å². The third-order valence-corrected chi connectivity index (χ3v) is 9.88. The van der Waals surface area contributed by atoms with Gasteiger partial charge in [-0.15, -0.1) is 65.4 Å². The van der Waals surface area contributed by atoms with Gasteiger partial charge in [0.25, 0.3) is 0 Å². The Morgan fingerprint density at radius 2 is 1.48 bits per heavy atom. The van der Waals surface area contributed by atoms with E-state index in [0.717, 1.165) is 50.9 Å². The number of thiophene rings is 1. The van der Waals surface area contributed by atoms with E-state index in [2.05, 4.69) is 119 Å². The summed E-state index contributed by atoms with van der Waals surface area (Å²) >= 11 is 1.79. The molecule has 50 heavy (non-hydrogen) atoms. The van der Waals surface area contributed by atoms with E-state index in [9.17, 15) is 0 Å². The first-order chi connectivity index (χ1) is 23.6. The summed E-state index contributed by atoms with van der Waals surface area (Å²) in [6, 6.07) is 38.0. The summed E-state index contributed by atoms with van der Waals surface area (Å²) in [7, 11) is 0. The predicted molar refractivity (Wildman–Crippen MR) is 207 cm³/mol. The first-order valence-electron chi connectivity index (χ1n) is 16.8. The summed E-state index contributed by atoms with van der Waals surface area (Å²) in [6.07, 6.45) is 4.89. The minimum atomic E-state index is 0. The van der Waals surface area contributed by atoms with Gasteiger partial charge >= 0.3 is 0 Å². The summed E-state index contributed by atoms with van der Waals surface area (Å²) in [4.78, 5) is 10.6. The van der Waals surface area contributed by atoms with Crippen LogP contribution in [0.2, 0.25) is 0 Å². The number of furan rings is 1. The second kappa shape index (κ2) is 14.4. The third kappa shape index (κ3) is 7.23. The number of aryl methyl sites for hydroxylation is 4. The Morgan fingerprint density at radius 1 is 0.720 bits per heavy atom. The second-order valence-corrected chi connectivity index (χ2v) is 15.4. The molecule has 0 aliphatic carbocycles. The Labute approximate surface area is 312 Å². The van der Waals surface area contributed by atoms with Crippen molar-refractivity contribution in [3.8, 4) is 33.6 Å². The van der Waals surface area contributed by atoms with Crippen molar-refractivity contribution in [1.82, 2.24) is 9.97 Å². The number of fused-ring (bicyclic) bond motifs is 5. The smallest absolute Gasteiger partial charge is 0.138 e. The maximum atomic E-state index is 6.61. The maximum Gasteiger partial charge on any atom is 0.138 e. The first kappa shape index (κ1) is 35.4. The van der Waals surface area contributed by atoms with Crippen LogP contribution in [0.4, 0.5) is 0 Å². The van der Waals surface area contributed by atoms with Gasteiger partial charge in [-0.2, -0.15) is 0 Å². The Hall–Kier alpha value is -4.41. The molecular weight excluding hydrogens is 809 g/mol. The number of rotatable bonds is 4.